The number of carbonyl (C=O) groups is 2. The molecule has 0 bridgehead atoms. The van der Waals surface area contributed by atoms with Gasteiger partial charge in [-0.15, -0.1) is 0 Å². The van der Waals surface area contributed by atoms with Gasteiger partial charge in [-0.1, -0.05) is 6.92 Å². The molecule has 0 saturated carbocycles. The number of nitrogens with two attached hydrogens (primary N) is 1. The molecule has 14 heavy (non-hydrogen) atoms. The molecule has 0 aromatic carbocycles. The van der Waals surface area contributed by atoms with Gasteiger partial charge in [-0.2, -0.15) is 0 Å². The number of hydrazine groups is 1. The fourth-order valence-electron chi connectivity index (χ4n) is 1.37. The molecule has 0 spiro atoms. The standard InChI is InChI=1S/C8H15N3O3/c1-6-4-11(2-3-14-5-6)8(13)7(12)10-9/h6H,2-5,9H2,1H3,(H,10,12). The zero-order chi connectivity index (χ0) is 10.6. The van der Waals surface area contributed by atoms with Crippen molar-refractivity contribution < 1.29 is 14.3 Å². The summed E-state index contributed by atoms with van der Waals surface area (Å²) >= 11 is 0. The number of rotatable bonds is 0. The average Bonchev–Trinajstić information content (AvgIpc) is 2.40. The van der Waals surface area contributed by atoms with Crippen LogP contribution in [0.25, 0.3) is 0 Å². The van der Waals surface area contributed by atoms with Crippen LogP contribution in [-0.2, 0) is 14.3 Å². The number of amides is 2. The molecule has 1 fully saturated rings. The molecular weight excluding hydrogens is 186 g/mol. The maximum Gasteiger partial charge on any atom is 0.323 e. The Morgan fingerprint density at radius 1 is 1.57 bits per heavy atom. The zero-order valence-corrected chi connectivity index (χ0v) is 8.16. The third kappa shape index (κ3) is 2.68. The van der Waals surface area contributed by atoms with E-state index < -0.39 is 11.8 Å². The second-order valence-corrected chi connectivity index (χ2v) is 3.40. The van der Waals surface area contributed by atoms with Gasteiger partial charge in [0.25, 0.3) is 0 Å². The van der Waals surface area contributed by atoms with Gasteiger partial charge in [0.15, 0.2) is 0 Å². The normalized spacial score (nSPS) is 22.7. The fourth-order valence-corrected chi connectivity index (χ4v) is 1.37. The van der Waals surface area contributed by atoms with Crippen molar-refractivity contribution in [1.29, 1.82) is 0 Å². The first-order chi connectivity index (χ1) is 6.65. The van der Waals surface area contributed by atoms with Crippen molar-refractivity contribution in [1.82, 2.24) is 10.3 Å². The topological polar surface area (TPSA) is 84.7 Å². The van der Waals surface area contributed by atoms with Crippen molar-refractivity contribution in [3.8, 4) is 0 Å². The number of hydrogen-bond acceptors (Lipinski definition) is 4. The SMILES string of the molecule is CC1COCCN(C(=O)C(=O)NN)C1. The Bertz CT molecular complexity index is 232. The highest BCUT2D eigenvalue weighted by molar-refractivity contribution is 6.34. The lowest BCUT2D eigenvalue weighted by Crippen LogP contribution is -2.47. The van der Waals surface area contributed by atoms with Gasteiger partial charge in [-0.05, 0) is 5.92 Å². The van der Waals surface area contributed by atoms with E-state index in [1.54, 1.807) is 0 Å². The second kappa shape index (κ2) is 4.92. The maximum absolute atomic E-state index is 11.4. The summed E-state index contributed by atoms with van der Waals surface area (Å²) in [5.41, 5.74) is 1.83. The molecule has 1 atom stereocenters. The van der Waals surface area contributed by atoms with E-state index >= 15 is 0 Å². The van der Waals surface area contributed by atoms with Crippen LogP contribution in [0.3, 0.4) is 0 Å². The molecule has 1 unspecified atom stereocenters. The molecule has 2 amide bonds. The van der Waals surface area contributed by atoms with E-state index in [0.717, 1.165) is 0 Å². The van der Waals surface area contributed by atoms with Crippen LogP contribution in [0, 0.1) is 5.92 Å². The van der Waals surface area contributed by atoms with Crippen molar-refractivity contribution in [2.24, 2.45) is 11.8 Å². The highest BCUT2D eigenvalue weighted by atomic mass is 16.5. The van der Waals surface area contributed by atoms with Crippen molar-refractivity contribution in [3.05, 3.63) is 0 Å². The molecule has 3 N–H and O–H groups in total. The van der Waals surface area contributed by atoms with Gasteiger partial charge >= 0.3 is 11.8 Å². The number of ether oxygens (including phenoxy) is 1. The summed E-state index contributed by atoms with van der Waals surface area (Å²) in [6, 6.07) is 0. The molecule has 1 aliphatic rings. The van der Waals surface area contributed by atoms with Crippen LogP contribution in [0.4, 0.5) is 0 Å². The largest absolute Gasteiger partial charge is 0.379 e. The highest BCUT2D eigenvalue weighted by Gasteiger charge is 2.24. The van der Waals surface area contributed by atoms with E-state index in [1.165, 1.54) is 4.90 Å². The molecule has 0 aliphatic carbocycles. The highest BCUT2D eigenvalue weighted by Crippen LogP contribution is 2.05. The van der Waals surface area contributed by atoms with Crippen LogP contribution < -0.4 is 11.3 Å². The molecule has 6 nitrogen and oxygen atoms in total. The minimum absolute atomic E-state index is 0.243. The van der Waals surface area contributed by atoms with Gasteiger partial charge in [-0.3, -0.25) is 15.0 Å². The van der Waals surface area contributed by atoms with Gasteiger partial charge in [0.1, 0.15) is 0 Å². The number of nitrogens with zero attached hydrogens (tertiary/aromatic N) is 1. The number of nitrogens with one attached hydrogen (secondary N) is 1. The Hall–Kier alpha value is -1.14. The fraction of sp³-hybridized carbons (Fsp3) is 0.750. The van der Waals surface area contributed by atoms with Crippen molar-refractivity contribution in [2.45, 2.75) is 6.92 Å². The molecule has 80 valence electrons. The summed E-state index contributed by atoms with van der Waals surface area (Å²) in [5.74, 6) is 3.75. The number of carbonyl (C=O) groups excluding carboxylic acids is 2. The molecular formula is C8H15N3O3. The van der Waals surface area contributed by atoms with Crippen LogP contribution in [-0.4, -0.2) is 43.0 Å². The van der Waals surface area contributed by atoms with E-state index in [1.807, 2.05) is 12.3 Å². The van der Waals surface area contributed by atoms with Crippen LogP contribution in [0.15, 0.2) is 0 Å². The predicted octanol–water partition coefficient (Wildman–Crippen LogP) is -1.53. The second-order valence-electron chi connectivity index (χ2n) is 3.40. The lowest BCUT2D eigenvalue weighted by atomic mass is 10.2. The quantitative estimate of drug-likeness (QED) is 0.215. The first kappa shape index (κ1) is 10.9. The van der Waals surface area contributed by atoms with Crippen LogP contribution in [0.5, 0.6) is 0 Å². The van der Waals surface area contributed by atoms with Crippen molar-refractivity contribution in [2.75, 3.05) is 26.3 Å². The van der Waals surface area contributed by atoms with Crippen LogP contribution in [0.2, 0.25) is 0 Å². The summed E-state index contributed by atoms with van der Waals surface area (Å²) in [6.45, 7) is 4.02. The van der Waals surface area contributed by atoms with Crippen molar-refractivity contribution >= 4 is 11.8 Å². The molecule has 1 heterocycles. The maximum atomic E-state index is 11.4. The third-order valence-electron chi connectivity index (χ3n) is 2.05. The summed E-state index contributed by atoms with van der Waals surface area (Å²) in [4.78, 5) is 23.8. The summed E-state index contributed by atoms with van der Waals surface area (Å²) < 4.78 is 5.24. The van der Waals surface area contributed by atoms with Gasteiger partial charge in [0.2, 0.25) is 0 Å². The molecule has 6 heteroatoms. The Morgan fingerprint density at radius 2 is 2.29 bits per heavy atom. The minimum atomic E-state index is -0.779. The van der Waals surface area contributed by atoms with E-state index in [2.05, 4.69) is 0 Å². The van der Waals surface area contributed by atoms with Gasteiger partial charge in [0.05, 0.1) is 13.2 Å². The van der Waals surface area contributed by atoms with E-state index in [-0.39, 0.29) is 5.92 Å². The Morgan fingerprint density at radius 3 is 2.93 bits per heavy atom. The van der Waals surface area contributed by atoms with E-state index in [0.29, 0.717) is 26.3 Å². The lowest BCUT2D eigenvalue weighted by Gasteiger charge is -2.20. The molecule has 1 aliphatic heterocycles. The van der Waals surface area contributed by atoms with Crippen LogP contribution in [0.1, 0.15) is 6.92 Å². The lowest BCUT2D eigenvalue weighted by molar-refractivity contribution is -0.146. The molecule has 1 rings (SSSR count). The monoisotopic (exact) mass is 201 g/mol. The first-order valence-corrected chi connectivity index (χ1v) is 4.52. The van der Waals surface area contributed by atoms with Crippen molar-refractivity contribution in [3.63, 3.8) is 0 Å². The molecule has 0 radical (unpaired) electrons. The van der Waals surface area contributed by atoms with E-state index in [9.17, 15) is 9.59 Å². The zero-order valence-electron chi connectivity index (χ0n) is 8.16. The number of hydrogen-bond donors (Lipinski definition) is 2. The first-order valence-electron chi connectivity index (χ1n) is 4.52. The summed E-state index contributed by atoms with van der Waals surface area (Å²) in [7, 11) is 0. The smallest absolute Gasteiger partial charge is 0.323 e. The minimum Gasteiger partial charge on any atom is -0.379 e. The molecule has 0 aromatic heterocycles. The van der Waals surface area contributed by atoms with Gasteiger partial charge in [-0.25, -0.2) is 5.84 Å². The average molecular weight is 201 g/mol. The Balaban J connectivity index is 2.57. The summed E-state index contributed by atoms with van der Waals surface area (Å²) in [6.07, 6.45) is 0. The Labute approximate surface area is 82.3 Å². The third-order valence-corrected chi connectivity index (χ3v) is 2.05. The molecule has 0 aromatic rings. The molecule has 1 saturated heterocycles. The predicted molar refractivity (Wildman–Crippen MR) is 48.9 cm³/mol. The summed E-state index contributed by atoms with van der Waals surface area (Å²) in [5, 5.41) is 0. The van der Waals surface area contributed by atoms with Gasteiger partial charge < -0.3 is 9.64 Å². The van der Waals surface area contributed by atoms with E-state index in [4.69, 9.17) is 10.6 Å². The van der Waals surface area contributed by atoms with Crippen LogP contribution >= 0.6 is 0 Å². The van der Waals surface area contributed by atoms with Gasteiger partial charge in [0, 0.05) is 13.1 Å². The Kier molecular flexibility index (Phi) is 3.84.